The molecular formula is C7H14ClNO2. The number of halogens is 1. The van der Waals surface area contributed by atoms with Crippen LogP contribution in [-0.4, -0.2) is 18.6 Å². The largest absolute Gasteiger partial charge is 0.465 e. The van der Waals surface area contributed by atoms with Gasteiger partial charge in [-0.05, 0) is 6.42 Å². The molecule has 0 amide bonds. The van der Waals surface area contributed by atoms with E-state index in [1.807, 2.05) is 0 Å². The maximum atomic E-state index is 10.6. The van der Waals surface area contributed by atoms with Crippen molar-refractivity contribution in [3.8, 4) is 0 Å². The van der Waals surface area contributed by atoms with Gasteiger partial charge in [-0.25, -0.2) is 0 Å². The molecule has 1 aliphatic carbocycles. The highest BCUT2D eigenvalue weighted by molar-refractivity contribution is 5.85. The molecule has 1 rings (SSSR count). The monoisotopic (exact) mass is 179 g/mol. The number of ether oxygens (including phenoxy) is 1. The summed E-state index contributed by atoms with van der Waals surface area (Å²) in [5.41, 5.74) is 5.50. The average Bonchev–Trinajstić information content (AvgIpc) is 2.61. The third kappa shape index (κ3) is 3.58. The lowest BCUT2D eigenvalue weighted by Gasteiger charge is -1.99. The molecule has 1 aliphatic rings. The molecule has 0 aromatic carbocycles. The Morgan fingerprint density at radius 1 is 1.73 bits per heavy atom. The lowest BCUT2D eigenvalue weighted by molar-refractivity contribution is -0.143. The Morgan fingerprint density at radius 3 is 2.64 bits per heavy atom. The first-order valence-corrected chi connectivity index (χ1v) is 3.65. The molecule has 2 N–H and O–H groups in total. The second-order valence-electron chi connectivity index (χ2n) is 2.70. The summed E-state index contributed by atoms with van der Waals surface area (Å²) in [6.07, 6.45) is 1.47. The van der Waals surface area contributed by atoms with Crippen LogP contribution in [0.25, 0.3) is 0 Å². The van der Waals surface area contributed by atoms with Gasteiger partial charge in [-0.3, -0.25) is 4.79 Å². The number of carbonyl (C=O) groups is 1. The molecule has 0 aromatic rings. The summed E-state index contributed by atoms with van der Waals surface area (Å²) in [5.74, 6) is 0.314. The molecule has 2 atom stereocenters. The Balaban J connectivity index is 0.000001000. The SMILES string of the molecule is CCC(=O)OCC1C[C@@H]1N.Cl. The summed E-state index contributed by atoms with van der Waals surface area (Å²) in [6, 6.07) is 0.282. The first kappa shape index (κ1) is 10.7. The van der Waals surface area contributed by atoms with Crippen LogP contribution in [0.1, 0.15) is 19.8 Å². The van der Waals surface area contributed by atoms with Crippen LogP contribution in [-0.2, 0) is 9.53 Å². The van der Waals surface area contributed by atoms with Crippen LogP contribution in [0.5, 0.6) is 0 Å². The normalized spacial score (nSPS) is 27.1. The van der Waals surface area contributed by atoms with Crippen molar-refractivity contribution in [3.63, 3.8) is 0 Å². The van der Waals surface area contributed by atoms with E-state index < -0.39 is 0 Å². The van der Waals surface area contributed by atoms with Crippen molar-refractivity contribution in [3.05, 3.63) is 0 Å². The first-order valence-electron chi connectivity index (χ1n) is 3.65. The van der Waals surface area contributed by atoms with Crippen molar-refractivity contribution in [2.75, 3.05) is 6.61 Å². The lowest BCUT2D eigenvalue weighted by Crippen LogP contribution is -2.10. The molecule has 4 heteroatoms. The van der Waals surface area contributed by atoms with E-state index in [4.69, 9.17) is 10.5 Å². The van der Waals surface area contributed by atoms with E-state index in [1.165, 1.54) is 0 Å². The van der Waals surface area contributed by atoms with Crippen LogP contribution in [0.4, 0.5) is 0 Å². The van der Waals surface area contributed by atoms with Crippen LogP contribution < -0.4 is 5.73 Å². The number of nitrogens with two attached hydrogens (primary N) is 1. The van der Waals surface area contributed by atoms with E-state index in [0.29, 0.717) is 18.9 Å². The van der Waals surface area contributed by atoms with E-state index in [9.17, 15) is 4.79 Å². The predicted octanol–water partition coefficient (Wildman–Crippen LogP) is 0.709. The summed E-state index contributed by atoms with van der Waals surface area (Å²) in [6.45, 7) is 2.31. The average molecular weight is 180 g/mol. The fourth-order valence-corrected chi connectivity index (χ4v) is 0.765. The quantitative estimate of drug-likeness (QED) is 0.650. The molecule has 0 heterocycles. The fourth-order valence-electron chi connectivity index (χ4n) is 0.765. The maximum Gasteiger partial charge on any atom is 0.305 e. The Hall–Kier alpha value is -0.280. The summed E-state index contributed by atoms with van der Waals surface area (Å²) in [4.78, 5) is 10.6. The Morgan fingerprint density at radius 2 is 2.27 bits per heavy atom. The van der Waals surface area contributed by atoms with Crippen molar-refractivity contribution in [2.24, 2.45) is 11.7 Å². The Kier molecular flexibility index (Phi) is 4.45. The van der Waals surface area contributed by atoms with Crippen LogP contribution in [0, 0.1) is 5.92 Å². The third-order valence-corrected chi connectivity index (χ3v) is 1.72. The number of rotatable bonds is 3. The minimum atomic E-state index is -0.126. The van der Waals surface area contributed by atoms with Gasteiger partial charge in [-0.15, -0.1) is 12.4 Å². The molecule has 0 spiro atoms. The predicted molar refractivity (Wildman–Crippen MR) is 44.6 cm³/mol. The van der Waals surface area contributed by atoms with Crippen LogP contribution in [0.3, 0.4) is 0 Å². The fraction of sp³-hybridized carbons (Fsp3) is 0.857. The van der Waals surface area contributed by atoms with Crippen LogP contribution in [0.15, 0.2) is 0 Å². The van der Waals surface area contributed by atoms with E-state index in [0.717, 1.165) is 6.42 Å². The number of hydrogen-bond acceptors (Lipinski definition) is 3. The maximum absolute atomic E-state index is 10.6. The second kappa shape index (κ2) is 4.57. The minimum Gasteiger partial charge on any atom is -0.465 e. The van der Waals surface area contributed by atoms with Gasteiger partial charge < -0.3 is 10.5 Å². The zero-order chi connectivity index (χ0) is 7.56. The molecule has 11 heavy (non-hydrogen) atoms. The molecule has 0 radical (unpaired) electrons. The van der Waals surface area contributed by atoms with Crippen molar-refractivity contribution < 1.29 is 9.53 Å². The van der Waals surface area contributed by atoms with Crippen molar-refractivity contribution >= 4 is 18.4 Å². The van der Waals surface area contributed by atoms with Gasteiger partial charge in [0, 0.05) is 18.4 Å². The third-order valence-electron chi connectivity index (χ3n) is 1.72. The standard InChI is InChI=1S/C7H13NO2.ClH/c1-2-7(9)10-4-5-3-6(5)8;/h5-6H,2-4,8H2,1H3;1H/t5?,6-;/m0./s1. The van der Waals surface area contributed by atoms with Gasteiger partial charge in [-0.2, -0.15) is 0 Å². The molecule has 3 nitrogen and oxygen atoms in total. The summed E-state index contributed by atoms with van der Waals surface area (Å²) in [7, 11) is 0. The summed E-state index contributed by atoms with van der Waals surface area (Å²) >= 11 is 0. The summed E-state index contributed by atoms with van der Waals surface area (Å²) < 4.78 is 4.87. The highest BCUT2D eigenvalue weighted by Crippen LogP contribution is 2.27. The second-order valence-corrected chi connectivity index (χ2v) is 2.70. The smallest absolute Gasteiger partial charge is 0.305 e. The zero-order valence-corrected chi connectivity index (χ0v) is 7.39. The van der Waals surface area contributed by atoms with E-state index >= 15 is 0 Å². The van der Waals surface area contributed by atoms with E-state index in [2.05, 4.69) is 0 Å². The van der Waals surface area contributed by atoms with Gasteiger partial charge >= 0.3 is 5.97 Å². The van der Waals surface area contributed by atoms with Gasteiger partial charge in [0.1, 0.15) is 0 Å². The highest BCUT2D eigenvalue weighted by atomic mass is 35.5. The number of carbonyl (C=O) groups excluding carboxylic acids is 1. The van der Waals surface area contributed by atoms with Gasteiger partial charge in [0.15, 0.2) is 0 Å². The van der Waals surface area contributed by atoms with Crippen molar-refractivity contribution in [2.45, 2.75) is 25.8 Å². The van der Waals surface area contributed by atoms with Crippen LogP contribution in [0.2, 0.25) is 0 Å². The topological polar surface area (TPSA) is 52.3 Å². The van der Waals surface area contributed by atoms with Crippen LogP contribution >= 0.6 is 12.4 Å². The van der Waals surface area contributed by atoms with Gasteiger partial charge in [-0.1, -0.05) is 6.92 Å². The molecule has 0 aliphatic heterocycles. The van der Waals surface area contributed by atoms with Gasteiger partial charge in [0.25, 0.3) is 0 Å². The molecule has 0 saturated heterocycles. The molecule has 0 aromatic heterocycles. The van der Waals surface area contributed by atoms with E-state index in [1.54, 1.807) is 6.92 Å². The lowest BCUT2D eigenvalue weighted by atomic mass is 10.4. The molecule has 1 unspecified atom stereocenters. The molecule has 1 fully saturated rings. The Bertz CT molecular complexity index is 140. The van der Waals surface area contributed by atoms with E-state index in [-0.39, 0.29) is 24.4 Å². The van der Waals surface area contributed by atoms with Crippen molar-refractivity contribution in [1.82, 2.24) is 0 Å². The Labute approximate surface area is 72.7 Å². The van der Waals surface area contributed by atoms with Gasteiger partial charge in [0.05, 0.1) is 6.61 Å². The molecular weight excluding hydrogens is 166 g/mol. The number of hydrogen-bond donors (Lipinski definition) is 1. The molecule has 1 saturated carbocycles. The zero-order valence-electron chi connectivity index (χ0n) is 6.58. The highest BCUT2D eigenvalue weighted by Gasteiger charge is 2.34. The molecule has 66 valence electrons. The minimum absolute atomic E-state index is 0. The first-order chi connectivity index (χ1) is 4.74. The summed E-state index contributed by atoms with van der Waals surface area (Å²) in [5, 5.41) is 0. The van der Waals surface area contributed by atoms with Crippen molar-refractivity contribution in [1.29, 1.82) is 0 Å². The van der Waals surface area contributed by atoms with Gasteiger partial charge in [0.2, 0.25) is 0 Å². The molecule has 0 bridgehead atoms. The number of esters is 1.